The van der Waals surface area contributed by atoms with Crippen LogP contribution in [0.1, 0.15) is 11.4 Å². The molecule has 5 aromatic rings. The maximum absolute atomic E-state index is 14.4. The highest BCUT2D eigenvalue weighted by atomic mass is 19.1. The Kier molecular flexibility index (Phi) is 5.37. The number of aryl methyl sites for hydroxylation is 2. The number of tetrazole rings is 1. The van der Waals surface area contributed by atoms with Gasteiger partial charge in [-0.05, 0) is 42.3 Å². The van der Waals surface area contributed by atoms with Crippen molar-refractivity contribution in [3.8, 4) is 17.1 Å². The molecular formula is C21H17FN10O. The van der Waals surface area contributed by atoms with E-state index in [0.29, 0.717) is 29.3 Å². The van der Waals surface area contributed by atoms with Gasteiger partial charge in [-0.25, -0.2) is 14.4 Å². The molecule has 0 unspecified atom stereocenters. The molecule has 5 rings (SSSR count). The van der Waals surface area contributed by atoms with Crippen molar-refractivity contribution in [2.24, 2.45) is 0 Å². The lowest BCUT2D eigenvalue weighted by molar-refractivity contribution is 0.632. The summed E-state index contributed by atoms with van der Waals surface area (Å²) in [5.74, 6) is 0.587. The van der Waals surface area contributed by atoms with Crippen LogP contribution in [-0.4, -0.2) is 45.4 Å². The monoisotopic (exact) mass is 444 g/mol. The fraction of sp³-hybridized carbons (Fsp3) is 0.0952. The molecule has 0 aliphatic rings. The van der Waals surface area contributed by atoms with Gasteiger partial charge in [0.15, 0.2) is 17.5 Å². The average molecular weight is 444 g/mol. The van der Waals surface area contributed by atoms with Crippen molar-refractivity contribution in [2.75, 3.05) is 5.32 Å². The topological polar surface area (TPSA) is 143 Å². The molecule has 0 aliphatic carbocycles. The molecule has 3 N–H and O–H groups in total. The van der Waals surface area contributed by atoms with Crippen molar-refractivity contribution in [3.05, 3.63) is 88.7 Å². The highest BCUT2D eigenvalue weighted by Gasteiger charge is 2.12. The van der Waals surface area contributed by atoms with E-state index in [1.807, 2.05) is 24.3 Å². The Bertz CT molecular complexity index is 1410. The minimum Gasteiger partial charge on any atom is -0.333 e. The lowest BCUT2D eigenvalue weighted by Crippen LogP contribution is -2.22. The molecule has 0 saturated heterocycles. The van der Waals surface area contributed by atoms with Gasteiger partial charge in [0.05, 0.1) is 5.69 Å². The normalized spacial score (nSPS) is 10.9. The van der Waals surface area contributed by atoms with Crippen LogP contribution in [0.5, 0.6) is 0 Å². The first-order valence-corrected chi connectivity index (χ1v) is 9.99. The van der Waals surface area contributed by atoms with Crippen molar-refractivity contribution >= 4 is 11.5 Å². The summed E-state index contributed by atoms with van der Waals surface area (Å²) in [6, 6.07) is 11.9. The Balaban J connectivity index is 1.37. The summed E-state index contributed by atoms with van der Waals surface area (Å²) in [5, 5.41) is 23.2. The van der Waals surface area contributed by atoms with Gasteiger partial charge in [0, 0.05) is 30.1 Å². The molecule has 3 aromatic heterocycles. The predicted octanol–water partition coefficient (Wildman–Crippen LogP) is 2.20. The first kappa shape index (κ1) is 20.2. The van der Waals surface area contributed by atoms with Crippen LogP contribution in [0, 0.1) is 5.82 Å². The van der Waals surface area contributed by atoms with Crippen molar-refractivity contribution in [3.63, 3.8) is 0 Å². The molecule has 12 heteroatoms. The SMILES string of the molecule is O=c1c(Nc2cc(-c3ncn[nH]3)ccc2F)nccn1-c1ccc(CCc2nn[nH]n2)cc1. The molecule has 33 heavy (non-hydrogen) atoms. The van der Waals surface area contributed by atoms with E-state index < -0.39 is 11.4 Å². The number of aromatic nitrogens is 9. The third kappa shape index (κ3) is 4.35. The summed E-state index contributed by atoms with van der Waals surface area (Å²) in [7, 11) is 0. The number of hydrogen-bond acceptors (Lipinski definition) is 8. The molecule has 0 bridgehead atoms. The summed E-state index contributed by atoms with van der Waals surface area (Å²) in [5.41, 5.74) is 2.02. The van der Waals surface area contributed by atoms with Crippen LogP contribution in [0.3, 0.4) is 0 Å². The van der Waals surface area contributed by atoms with Crippen LogP contribution in [0.25, 0.3) is 17.1 Å². The van der Waals surface area contributed by atoms with Crippen LogP contribution in [0.2, 0.25) is 0 Å². The van der Waals surface area contributed by atoms with Gasteiger partial charge in [0.2, 0.25) is 0 Å². The second-order valence-corrected chi connectivity index (χ2v) is 7.10. The molecule has 0 saturated carbocycles. The summed E-state index contributed by atoms with van der Waals surface area (Å²) >= 11 is 0. The number of H-pyrrole nitrogens is 2. The van der Waals surface area contributed by atoms with Crippen LogP contribution >= 0.6 is 0 Å². The Hall–Kier alpha value is -4.74. The number of aromatic amines is 2. The second kappa shape index (κ2) is 8.78. The molecule has 0 atom stereocenters. The second-order valence-electron chi connectivity index (χ2n) is 7.10. The van der Waals surface area contributed by atoms with Gasteiger partial charge < -0.3 is 5.32 Å². The first-order valence-electron chi connectivity index (χ1n) is 9.99. The fourth-order valence-electron chi connectivity index (χ4n) is 3.31. The number of benzene rings is 2. The molecule has 11 nitrogen and oxygen atoms in total. The summed E-state index contributed by atoms with van der Waals surface area (Å²) < 4.78 is 15.9. The number of nitrogens with zero attached hydrogens (tertiary/aromatic N) is 7. The quantitative estimate of drug-likeness (QED) is 0.347. The van der Waals surface area contributed by atoms with E-state index in [1.54, 1.807) is 12.3 Å². The van der Waals surface area contributed by atoms with E-state index in [4.69, 9.17) is 0 Å². The zero-order valence-electron chi connectivity index (χ0n) is 17.1. The summed E-state index contributed by atoms with van der Waals surface area (Å²) in [6.45, 7) is 0. The van der Waals surface area contributed by atoms with E-state index in [1.165, 1.54) is 29.2 Å². The molecular weight excluding hydrogens is 427 g/mol. The van der Waals surface area contributed by atoms with Crippen LogP contribution in [-0.2, 0) is 12.8 Å². The van der Waals surface area contributed by atoms with Crippen molar-refractivity contribution in [1.82, 2.24) is 45.4 Å². The highest BCUT2D eigenvalue weighted by Crippen LogP contribution is 2.24. The number of halogens is 1. The number of rotatable bonds is 7. The highest BCUT2D eigenvalue weighted by molar-refractivity contribution is 5.66. The first-order chi connectivity index (χ1) is 16.2. The zero-order valence-corrected chi connectivity index (χ0v) is 17.1. The van der Waals surface area contributed by atoms with Gasteiger partial charge >= 0.3 is 0 Å². The van der Waals surface area contributed by atoms with Crippen LogP contribution < -0.4 is 10.9 Å². The van der Waals surface area contributed by atoms with Gasteiger partial charge in [-0.1, -0.05) is 17.3 Å². The molecule has 0 spiro atoms. The maximum atomic E-state index is 14.4. The standard InChI is InChI=1S/C21H17FN10O/c22-16-7-4-14(19-24-12-25-29-19)11-17(16)26-20-21(33)32(10-9-23-20)15-5-1-13(2-6-15)3-8-18-27-30-31-28-18/h1-2,4-7,9-12H,3,8H2,(H,23,26)(H,24,25,29)(H,27,28,30,31). The number of anilines is 2. The van der Waals surface area contributed by atoms with Gasteiger partial charge in [-0.2, -0.15) is 10.3 Å². The van der Waals surface area contributed by atoms with Crippen LogP contribution in [0.15, 0.2) is 66.0 Å². The van der Waals surface area contributed by atoms with Crippen molar-refractivity contribution in [2.45, 2.75) is 12.8 Å². The largest absolute Gasteiger partial charge is 0.333 e. The molecule has 0 fully saturated rings. The number of hydrogen-bond donors (Lipinski definition) is 3. The summed E-state index contributed by atoms with van der Waals surface area (Å²) in [4.78, 5) is 21.2. The zero-order chi connectivity index (χ0) is 22.6. The van der Waals surface area contributed by atoms with Gasteiger partial charge in [-0.15, -0.1) is 10.2 Å². The molecule has 2 aromatic carbocycles. The van der Waals surface area contributed by atoms with Crippen molar-refractivity contribution in [1.29, 1.82) is 0 Å². The molecule has 164 valence electrons. The van der Waals surface area contributed by atoms with Crippen molar-refractivity contribution < 1.29 is 4.39 Å². The van der Waals surface area contributed by atoms with E-state index >= 15 is 0 Å². The lowest BCUT2D eigenvalue weighted by Gasteiger charge is -2.11. The number of nitrogens with one attached hydrogen (secondary N) is 3. The Morgan fingerprint density at radius 1 is 1.06 bits per heavy atom. The molecule has 3 heterocycles. The Morgan fingerprint density at radius 2 is 1.94 bits per heavy atom. The lowest BCUT2D eigenvalue weighted by atomic mass is 10.1. The van der Waals surface area contributed by atoms with E-state index in [0.717, 1.165) is 12.0 Å². The van der Waals surface area contributed by atoms with E-state index in [-0.39, 0.29) is 11.5 Å². The predicted molar refractivity (Wildman–Crippen MR) is 116 cm³/mol. The van der Waals surface area contributed by atoms with Gasteiger partial charge in [-0.3, -0.25) is 14.5 Å². The van der Waals surface area contributed by atoms with Crippen LogP contribution in [0.4, 0.5) is 15.9 Å². The van der Waals surface area contributed by atoms with Gasteiger partial charge in [0.1, 0.15) is 12.1 Å². The molecule has 0 aliphatic heterocycles. The third-order valence-corrected chi connectivity index (χ3v) is 4.99. The summed E-state index contributed by atoms with van der Waals surface area (Å²) in [6.07, 6.45) is 5.78. The minimum atomic E-state index is -0.527. The Morgan fingerprint density at radius 3 is 2.70 bits per heavy atom. The smallest absolute Gasteiger partial charge is 0.298 e. The average Bonchev–Trinajstić information content (AvgIpc) is 3.56. The Labute approximate surface area is 185 Å². The van der Waals surface area contributed by atoms with Gasteiger partial charge in [0.25, 0.3) is 5.56 Å². The third-order valence-electron chi connectivity index (χ3n) is 4.99. The molecule has 0 radical (unpaired) electrons. The fourth-order valence-corrected chi connectivity index (χ4v) is 3.31. The minimum absolute atomic E-state index is 0.00713. The van der Waals surface area contributed by atoms with E-state index in [2.05, 4.69) is 46.1 Å². The molecule has 0 amide bonds. The maximum Gasteiger partial charge on any atom is 0.298 e. The van der Waals surface area contributed by atoms with E-state index in [9.17, 15) is 9.18 Å².